The van der Waals surface area contributed by atoms with Crippen molar-refractivity contribution in [3.63, 3.8) is 0 Å². The average Bonchev–Trinajstić information content (AvgIpc) is 2.55. The third-order valence-corrected chi connectivity index (χ3v) is 4.43. The summed E-state index contributed by atoms with van der Waals surface area (Å²) < 4.78 is 4.84. The summed E-state index contributed by atoms with van der Waals surface area (Å²) in [6.45, 7) is 1.97. The van der Waals surface area contributed by atoms with E-state index in [0.29, 0.717) is 0 Å². The van der Waals surface area contributed by atoms with Gasteiger partial charge in [-0.1, -0.05) is 42.5 Å². The molecule has 1 atom stereocenters. The number of methoxy groups -OCH3 is 1. The Morgan fingerprint density at radius 2 is 1.87 bits per heavy atom. The summed E-state index contributed by atoms with van der Waals surface area (Å²) in [6, 6.07) is 16.9. The fraction of sp³-hybridized carbons (Fsp3) is 0.222. The molecule has 2 aromatic rings. The van der Waals surface area contributed by atoms with Gasteiger partial charge in [0.1, 0.15) is 5.25 Å². The van der Waals surface area contributed by atoms with Crippen LogP contribution in [0, 0.1) is 6.92 Å². The van der Waals surface area contributed by atoms with E-state index in [-0.39, 0.29) is 17.6 Å². The number of hydrogen-bond acceptors (Lipinski definition) is 4. The second-order valence-electron chi connectivity index (χ2n) is 5.04. The maximum atomic E-state index is 12.1. The Bertz CT molecular complexity index is 673. The van der Waals surface area contributed by atoms with E-state index >= 15 is 0 Å². The number of rotatable bonds is 6. The minimum absolute atomic E-state index is 0.148. The van der Waals surface area contributed by atoms with Crippen molar-refractivity contribution in [2.75, 3.05) is 18.2 Å². The first-order valence-electron chi connectivity index (χ1n) is 7.21. The molecule has 4 nitrogen and oxygen atoms in total. The van der Waals surface area contributed by atoms with Gasteiger partial charge < -0.3 is 10.1 Å². The molecule has 1 amide bonds. The summed E-state index contributed by atoms with van der Waals surface area (Å²) >= 11 is 1.25. The number of carbonyl (C=O) groups excluding carboxylic acids is 2. The number of amides is 1. The smallest absolute Gasteiger partial charge is 0.323 e. The van der Waals surface area contributed by atoms with Crippen molar-refractivity contribution < 1.29 is 14.3 Å². The zero-order chi connectivity index (χ0) is 16.7. The quantitative estimate of drug-likeness (QED) is 0.823. The molecule has 0 aromatic heterocycles. The van der Waals surface area contributed by atoms with Crippen molar-refractivity contribution in [3.8, 4) is 0 Å². The minimum atomic E-state index is -0.510. The molecule has 23 heavy (non-hydrogen) atoms. The Labute approximate surface area is 140 Å². The third-order valence-electron chi connectivity index (χ3n) is 3.20. The maximum absolute atomic E-state index is 12.1. The summed E-state index contributed by atoms with van der Waals surface area (Å²) in [4.78, 5) is 24.0. The lowest BCUT2D eigenvalue weighted by Gasteiger charge is -2.14. The summed E-state index contributed by atoms with van der Waals surface area (Å²) in [5.74, 6) is -0.335. The van der Waals surface area contributed by atoms with E-state index in [4.69, 9.17) is 4.74 Å². The molecule has 5 heteroatoms. The fourth-order valence-electron chi connectivity index (χ4n) is 2.11. The van der Waals surface area contributed by atoms with Crippen molar-refractivity contribution in [2.45, 2.75) is 12.2 Å². The van der Waals surface area contributed by atoms with Crippen LogP contribution in [0.15, 0.2) is 54.6 Å². The number of nitrogens with one attached hydrogen (secondary N) is 1. The van der Waals surface area contributed by atoms with E-state index in [1.807, 2.05) is 61.5 Å². The van der Waals surface area contributed by atoms with E-state index in [9.17, 15) is 9.59 Å². The normalized spacial score (nSPS) is 11.6. The molecule has 0 heterocycles. The van der Waals surface area contributed by atoms with Crippen molar-refractivity contribution >= 4 is 29.3 Å². The summed E-state index contributed by atoms with van der Waals surface area (Å²) in [6.07, 6.45) is 0. The molecule has 0 aliphatic heterocycles. The van der Waals surface area contributed by atoms with Gasteiger partial charge >= 0.3 is 5.97 Å². The summed E-state index contributed by atoms with van der Waals surface area (Å²) in [7, 11) is 1.35. The Hall–Kier alpha value is -2.27. The monoisotopic (exact) mass is 329 g/mol. The zero-order valence-corrected chi connectivity index (χ0v) is 13.9. The molecule has 0 saturated carbocycles. The molecule has 0 saturated heterocycles. The number of hydrogen-bond donors (Lipinski definition) is 1. The van der Waals surface area contributed by atoms with Crippen molar-refractivity contribution in [1.82, 2.24) is 0 Å². The van der Waals surface area contributed by atoms with Gasteiger partial charge in [-0.3, -0.25) is 9.59 Å². The third kappa shape index (κ3) is 5.14. The molecule has 0 aliphatic carbocycles. The predicted octanol–water partition coefficient (Wildman–Crippen LogP) is 3.58. The number of ether oxygens (including phenoxy) is 1. The number of benzene rings is 2. The highest BCUT2D eigenvalue weighted by molar-refractivity contribution is 8.00. The first-order valence-corrected chi connectivity index (χ1v) is 8.26. The van der Waals surface area contributed by atoms with Gasteiger partial charge in [-0.15, -0.1) is 11.8 Å². The molecule has 0 spiro atoms. The van der Waals surface area contributed by atoms with Gasteiger partial charge in [-0.2, -0.15) is 0 Å². The molecular weight excluding hydrogens is 310 g/mol. The lowest BCUT2D eigenvalue weighted by atomic mass is 10.1. The molecular formula is C18H19NO3S. The van der Waals surface area contributed by atoms with Crippen molar-refractivity contribution in [2.24, 2.45) is 0 Å². The van der Waals surface area contributed by atoms with Crippen LogP contribution >= 0.6 is 11.8 Å². The lowest BCUT2D eigenvalue weighted by Crippen LogP contribution is -2.18. The maximum Gasteiger partial charge on any atom is 0.323 e. The van der Waals surface area contributed by atoms with Gasteiger partial charge in [-0.25, -0.2) is 0 Å². The van der Waals surface area contributed by atoms with E-state index < -0.39 is 5.25 Å². The standard InChI is InChI=1S/C18H19NO3S/c1-13-7-6-10-15(11-13)19-16(20)12-23-17(18(21)22-2)14-8-4-3-5-9-14/h3-11,17H,12H2,1-2H3,(H,19,20). The van der Waals surface area contributed by atoms with E-state index in [1.165, 1.54) is 18.9 Å². The molecule has 0 aliphatic rings. The summed E-state index contributed by atoms with van der Waals surface area (Å²) in [5, 5.41) is 2.32. The second-order valence-corrected chi connectivity index (χ2v) is 6.14. The highest BCUT2D eigenvalue weighted by Gasteiger charge is 2.22. The Balaban J connectivity index is 1.98. The number of carbonyl (C=O) groups is 2. The largest absolute Gasteiger partial charge is 0.468 e. The Kier molecular flexibility index (Phi) is 6.23. The SMILES string of the molecule is COC(=O)C(SCC(=O)Nc1cccc(C)c1)c1ccccc1. The highest BCUT2D eigenvalue weighted by atomic mass is 32.2. The highest BCUT2D eigenvalue weighted by Crippen LogP contribution is 2.30. The van der Waals surface area contributed by atoms with E-state index in [2.05, 4.69) is 5.32 Å². The molecule has 0 radical (unpaired) electrons. The van der Waals surface area contributed by atoms with E-state index in [0.717, 1.165) is 16.8 Å². The molecule has 2 rings (SSSR count). The van der Waals surface area contributed by atoms with Gasteiger partial charge in [0.15, 0.2) is 0 Å². The molecule has 1 unspecified atom stereocenters. The topological polar surface area (TPSA) is 55.4 Å². The van der Waals surface area contributed by atoms with Crippen LogP contribution < -0.4 is 5.32 Å². The van der Waals surface area contributed by atoms with Crippen LogP contribution in [0.5, 0.6) is 0 Å². The molecule has 1 N–H and O–H groups in total. The van der Waals surface area contributed by atoms with Crippen LogP contribution in [0.25, 0.3) is 0 Å². The fourth-order valence-corrected chi connectivity index (χ4v) is 3.09. The van der Waals surface area contributed by atoms with Crippen LogP contribution in [0.1, 0.15) is 16.4 Å². The van der Waals surface area contributed by atoms with Crippen LogP contribution in [0.3, 0.4) is 0 Å². The van der Waals surface area contributed by atoms with Crippen molar-refractivity contribution in [3.05, 3.63) is 65.7 Å². The lowest BCUT2D eigenvalue weighted by molar-refractivity contribution is -0.140. The predicted molar refractivity (Wildman–Crippen MR) is 93.5 cm³/mol. The van der Waals surface area contributed by atoms with Gasteiger partial charge in [-0.05, 0) is 30.2 Å². The Morgan fingerprint density at radius 1 is 1.13 bits per heavy atom. The first kappa shape index (κ1) is 17.1. The molecule has 120 valence electrons. The van der Waals surface area contributed by atoms with Crippen LogP contribution in [0.2, 0.25) is 0 Å². The van der Waals surface area contributed by atoms with Crippen molar-refractivity contribution in [1.29, 1.82) is 0 Å². The number of esters is 1. The molecule has 0 bridgehead atoms. The number of thioether (sulfide) groups is 1. The van der Waals surface area contributed by atoms with Gasteiger partial charge in [0, 0.05) is 5.69 Å². The van der Waals surface area contributed by atoms with E-state index in [1.54, 1.807) is 0 Å². The van der Waals surface area contributed by atoms with Crippen LogP contribution in [-0.4, -0.2) is 24.7 Å². The number of aryl methyl sites for hydroxylation is 1. The van der Waals surface area contributed by atoms with Crippen LogP contribution in [-0.2, 0) is 14.3 Å². The van der Waals surface area contributed by atoms with Crippen LogP contribution in [0.4, 0.5) is 5.69 Å². The second kappa shape index (κ2) is 8.39. The molecule has 0 fully saturated rings. The Morgan fingerprint density at radius 3 is 2.52 bits per heavy atom. The number of anilines is 1. The average molecular weight is 329 g/mol. The summed E-state index contributed by atoms with van der Waals surface area (Å²) in [5.41, 5.74) is 2.66. The van der Waals surface area contributed by atoms with Gasteiger partial charge in [0.25, 0.3) is 0 Å². The van der Waals surface area contributed by atoms with Gasteiger partial charge in [0.2, 0.25) is 5.91 Å². The van der Waals surface area contributed by atoms with Gasteiger partial charge in [0.05, 0.1) is 12.9 Å². The minimum Gasteiger partial charge on any atom is -0.468 e. The zero-order valence-electron chi connectivity index (χ0n) is 13.1. The molecule has 2 aromatic carbocycles. The first-order chi connectivity index (χ1) is 11.1.